The minimum absolute atomic E-state index is 0.00434. The molecule has 2 aliphatic heterocycles. The van der Waals surface area contributed by atoms with Gasteiger partial charge in [-0.3, -0.25) is 14.7 Å². The summed E-state index contributed by atoms with van der Waals surface area (Å²) in [4.78, 5) is 32.9. The zero-order chi connectivity index (χ0) is 28.1. The Kier molecular flexibility index (Phi) is 9.45. The summed E-state index contributed by atoms with van der Waals surface area (Å²) in [6.07, 6.45) is 3.75. The number of benzene rings is 1. The molecule has 0 fully saturated rings. The molecule has 0 saturated heterocycles. The van der Waals surface area contributed by atoms with Crippen molar-refractivity contribution in [2.45, 2.75) is 52.1 Å². The SMILES string of the molecule is CCCc1ccccc1C1Cc2nc(OC)nc(N3CCCN=C(/C(Cl)=C(\N)C(=O)N(C)C)C3)c2CN1CC. The zero-order valence-electron chi connectivity index (χ0n) is 23.7. The lowest BCUT2D eigenvalue weighted by Crippen LogP contribution is -2.38. The van der Waals surface area contributed by atoms with Gasteiger partial charge in [-0.1, -0.05) is 56.1 Å². The summed E-state index contributed by atoms with van der Waals surface area (Å²) in [5.41, 5.74) is 11.6. The summed E-state index contributed by atoms with van der Waals surface area (Å²) in [6, 6.07) is 9.34. The quantitative estimate of drug-likeness (QED) is 0.497. The summed E-state index contributed by atoms with van der Waals surface area (Å²) in [6.45, 7) is 7.77. The fraction of sp³-hybridized carbons (Fsp3) is 0.517. The summed E-state index contributed by atoms with van der Waals surface area (Å²) in [7, 11) is 4.89. The number of hydrogen-bond donors (Lipinski definition) is 1. The minimum Gasteiger partial charge on any atom is -0.467 e. The number of aryl methyl sites for hydroxylation is 1. The van der Waals surface area contributed by atoms with Crippen LogP contribution in [0.5, 0.6) is 6.01 Å². The smallest absolute Gasteiger partial charge is 0.318 e. The van der Waals surface area contributed by atoms with Crippen LogP contribution in [0.2, 0.25) is 0 Å². The molecule has 2 aromatic rings. The van der Waals surface area contributed by atoms with Gasteiger partial charge in [0.05, 0.1) is 30.1 Å². The maximum Gasteiger partial charge on any atom is 0.318 e. The van der Waals surface area contributed by atoms with Crippen molar-refractivity contribution in [3.8, 4) is 6.01 Å². The Morgan fingerprint density at radius 1 is 1.21 bits per heavy atom. The van der Waals surface area contributed by atoms with Crippen molar-refractivity contribution >= 4 is 29.0 Å². The van der Waals surface area contributed by atoms with Gasteiger partial charge in [0.15, 0.2) is 0 Å². The summed E-state index contributed by atoms with van der Waals surface area (Å²) >= 11 is 6.63. The monoisotopic (exact) mass is 553 g/mol. The Morgan fingerprint density at radius 2 is 1.97 bits per heavy atom. The van der Waals surface area contributed by atoms with E-state index in [-0.39, 0.29) is 22.7 Å². The molecule has 9 nitrogen and oxygen atoms in total. The van der Waals surface area contributed by atoms with Crippen LogP contribution < -0.4 is 15.4 Å². The number of ether oxygens (including phenoxy) is 1. The average Bonchev–Trinajstić information content (AvgIpc) is 3.21. The molecule has 1 unspecified atom stereocenters. The van der Waals surface area contributed by atoms with Crippen LogP contribution in [0.4, 0.5) is 5.82 Å². The Labute approximate surface area is 236 Å². The third-order valence-electron chi connectivity index (χ3n) is 7.42. The standard InChI is InChI=1S/C29H40ClN7O2/c1-6-11-19-12-8-9-13-20(19)24-16-22-21(17-36(24)7-2)27(34-29(33-22)39-5)37-15-10-14-32-23(18-37)25(30)26(31)28(38)35(3)4/h8-9,12-13,24H,6-7,10-11,14-18,31H2,1-5H3/b26-25+. The lowest BCUT2D eigenvalue weighted by Gasteiger charge is -2.38. The first-order valence-corrected chi connectivity index (χ1v) is 14.1. The van der Waals surface area contributed by atoms with E-state index in [4.69, 9.17) is 32.0 Å². The van der Waals surface area contributed by atoms with E-state index in [1.807, 2.05) is 0 Å². The zero-order valence-corrected chi connectivity index (χ0v) is 24.5. The number of carbonyl (C=O) groups excluding carboxylic acids is 1. The van der Waals surface area contributed by atoms with E-state index in [1.54, 1.807) is 21.2 Å². The molecule has 2 N–H and O–H groups in total. The predicted octanol–water partition coefficient (Wildman–Crippen LogP) is 3.71. The van der Waals surface area contributed by atoms with Crippen LogP contribution in [0.1, 0.15) is 55.1 Å². The minimum atomic E-state index is -0.340. The molecule has 0 aliphatic carbocycles. The Hall–Kier alpha value is -3.17. The summed E-state index contributed by atoms with van der Waals surface area (Å²) in [5, 5.41) is 0.193. The van der Waals surface area contributed by atoms with E-state index in [1.165, 1.54) is 16.0 Å². The van der Waals surface area contributed by atoms with E-state index in [9.17, 15) is 4.79 Å². The molecule has 1 aromatic carbocycles. The van der Waals surface area contributed by atoms with Crippen molar-refractivity contribution in [2.24, 2.45) is 10.7 Å². The van der Waals surface area contributed by atoms with E-state index >= 15 is 0 Å². The summed E-state index contributed by atoms with van der Waals surface area (Å²) < 4.78 is 5.57. The van der Waals surface area contributed by atoms with Gasteiger partial charge in [-0.2, -0.15) is 9.97 Å². The molecule has 4 rings (SSSR count). The Balaban J connectivity index is 1.73. The number of nitrogens with zero attached hydrogens (tertiary/aromatic N) is 6. The number of methoxy groups -OCH3 is 1. The third-order valence-corrected chi connectivity index (χ3v) is 7.84. The third kappa shape index (κ3) is 6.20. The van der Waals surface area contributed by atoms with Crippen LogP contribution in [-0.4, -0.2) is 78.8 Å². The van der Waals surface area contributed by atoms with Gasteiger partial charge in [0, 0.05) is 51.8 Å². The van der Waals surface area contributed by atoms with Crippen LogP contribution >= 0.6 is 11.6 Å². The first kappa shape index (κ1) is 28.8. The lowest BCUT2D eigenvalue weighted by molar-refractivity contribution is -0.124. The van der Waals surface area contributed by atoms with Gasteiger partial charge in [0.25, 0.3) is 5.91 Å². The summed E-state index contributed by atoms with van der Waals surface area (Å²) in [5.74, 6) is 0.486. The first-order valence-electron chi connectivity index (χ1n) is 13.7. The number of fused-ring (bicyclic) bond motifs is 1. The molecule has 0 saturated carbocycles. The molecule has 10 heteroatoms. The maximum atomic E-state index is 12.5. The van der Waals surface area contributed by atoms with Gasteiger partial charge in [0.2, 0.25) is 0 Å². The molecule has 0 bridgehead atoms. The predicted molar refractivity (Wildman–Crippen MR) is 156 cm³/mol. The van der Waals surface area contributed by atoms with Gasteiger partial charge in [-0.25, -0.2) is 0 Å². The number of halogens is 1. The number of likely N-dealkylation sites (N-methyl/N-ethyl adjacent to an activating group) is 2. The van der Waals surface area contributed by atoms with Crippen LogP contribution in [0.25, 0.3) is 0 Å². The van der Waals surface area contributed by atoms with Gasteiger partial charge in [-0.15, -0.1) is 0 Å². The normalized spacial score (nSPS) is 18.6. The lowest BCUT2D eigenvalue weighted by atomic mass is 9.89. The fourth-order valence-corrected chi connectivity index (χ4v) is 5.60. The molecule has 1 amide bonds. The van der Waals surface area contributed by atoms with Gasteiger partial charge in [0.1, 0.15) is 11.5 Å². The molecule has 1 atom stereocenters. The topological polar surface area (TPSA) is 100 Å². The molecule has 39 heavy (non-hydrogen) atoms. The number of nitrogens with two attached hydrogens (primary N) is 1. The van der Waals surface area contributed by atoms with Crippen LogP contribution in [0.15, 0.2) is 40.0 Å². The van der Waals surface area contributed by atoms with Crippen LogP contribution in [0, 0.1) is 0 Å². The molecule has 210 valence electrons. The van der Waals surface area contributed by atoms with Crippen molar-refractivity contribution in [3.63, 3.8) is 0 Å². The molecule has 2 aliphatic rings. The molecule has 0 radical (unpaired) electrons. The number of rotatable bonds is 8. The highest BCUT2D eigenvalue weighted by Gasteiger charge is 2.33. The number of aromatic nitrogens is 2. The number of aliphatic imine (C=N–C) groups is 1. The van der Waals surface area contributed by atoms with Gasteiger partial charge < -0.3 is 20.3 Å². The second-order valence-electron chi connectivity index (χ2n) is 10.2. The van der Waals surface area contributed by atoms with Crippen molar-refractivity contribution in [2.75, 3.05) is 52.3 Å². The molecule has 3 heterocycles. The van der Waals surface area contributed by atoms with Crippen molar-refractivity contribution in [3.05, 3.63) is 57.4 Å². The highest BCUT2D eigenvalue weighted by atomic mass is 35.5. The number of amides is 1. The Morgan fingerprint density at radius 3 is 2.67 bits per heavy atom. The molecular weight excluding hydrogens is 514 g/mol. The Bertz CT molecular complexity index is 1260. The van der Waals surface area contributed by atoms with E-state index in [0.717, 1.165) is 62.4 Å². The number of hydrogen-bond acceptors (Lipinski definition) is 8. The number of carbonyl (C=O) groups is 1. The molecular formula is C29H40ClN7O2. The number of anilines is 1. The second kappa shape index (κ2) is 12.8. The van der Waals surface area contributed by atoms with E-state index in [0.29, 0.717) is 24.8 Å². The van der Waals surface area contributed by atoms with Gasteiger partial charge in [-0.05, 0) is 30.5 Å². The van der Waals surface area contributed by atoms with E-state index in [2.05, 4.69) is 52.9 Å². The maximum absolute atomic E-state index is 12.5. The van der Waals surface area contributed by atoms with Crippen molar-refractivity contribution < 1.29 is 9.53 Å². The van der Waals surface area contributed by atoms with Crippen molar-refractivity contribution in [1.29, 1.82) is 0 Å². The molecule has 0 spiro atoms. The van der Waals surface area contributed by atoms with E-state index < -0.39 is 0 Å². The van der Waals surface area contributed by atoms with Crippen LogP contribution in [0.3, 0.4) is 0 Å². The second-order valence-corrected chi connectivity index (χ2v) is 10.6. The average molecular weight is 554 g/mol. The van der Waals surface area contributed by atoms with Crippen molar-refractivity contribution in [1.82, 2.24) is 19.8 Å². The van der Waals surface area contributed by atoms with Gasteiger partial charge >= 0.3 is 6.01 Å². The largest absolute Gasteiger partial charge is 0.467 e. The highest BCUT2D eigenvalue weighted by molar-refractivity contribution is 6.45. The highest BCUT2D eigenvalue weighted by Crippen LogP contribution is 2.38. The fourth-order valence-electron chi connectivity index (χ4n) is 5.39. The molecule has 1 aromatic heterocycles. The van der Waals surface area contributed by atoms with Crippen LogP contribution in [-0.2, 0) is 24.2 Å². The first-order chi connectivity index (χ1) is 18.8.